The second kappa shape index (κ2) is 8.94. The SMILES string of the molecule is Cc1occc1-c1nnc(SCC(=O)NC(C)CCCC(C)C)n1N. The molecule has 0 radical (unpaired) electrons. The second-order valence-corrected chi connectivity index (χ2v) is 7.59. The summed E-state index contributed by atoms with van der Waals surface area (Å²) < 4.78 is 6.66. The van der Waals surface area contributed by atoms with Crippen LogP contribution in [0.15, 0.2) is 21.9 Å². The van der Waals surface area contributed by atoms with Crippen molar-refractivity contribution >= 4 is 17.7 Å². The molecule has 2 rings (SSSR count). The van der Waals surface area contributed by atoms with Crippen LogP contribution in [0.25, 0.3) is 11.4 Å². The topological polar surface area (TPSA) is 99.0 Å². The Labute approximate surface area is 152 Å². The maximum absolute atomic E-state index is 12.1. The van der Waals surface area contributed by atoms with Crippen LogP contribution in [-0.4, -0.2) is 32.6 Å². The third kappa shape index (κ3) is 5.52. The number of carbonyl (C=O) groups excluding carboxylic acids is 1. The largest absolute Gasteiger partial charge is 0.469 e. The Kier molecular flexibility index (Phi) is 6.92. The fraction of sp³-hybridized carbons (Fsp3) is 0.588. The number of carbonyl (C=O) groups is 1. The minimum atomic E-state index is -0.0221. The van der Waals surface area contributed by atoms with E-state index in [2.05, 4.69) is 29.4 Å². The number of furan rings is 1. The molecule has 7 nitrogen and oxygen atoms in total. The van der Waals surface area contributed by atoms with Gasteiger partial charge in [-0.3, -0.25) is 4.79 Å². The number of nitrogens with zero attached hydrogens (tertiary/aromatic N) is 3. The Hall–Kier alpha value is -1.96. The zero-order chi connectivity index (χ0) is 18.4. The van der Waals surface area contributed by atoms with Crippen LogP contribution >= 0.6 is 11.8 Å². The first kappa shape index (κ1) is 19.4. The van der Waals surface area contributed by atoms with Gasteiger partial charge in [0.25, 0.3) is 0 Å². The van der Waals surface area contributed by atoms with Crippen molar-refractivity contribution in [2.24, 2.45) is 5.92 Å². The quantitative estimate of drug-likeness (QED) is 0.523. The molecule has 0 aliphatic heterocycles. The maximum Gasteiger partial charge on any atom is 0.230 e. The summed E-state index contributed by atoms with van der Waals surface area (Å²) in [7, 11) is 0. The van der Waals surface area contributed by atoms with Gasteiger partial charge in [0.2, 0.25) is 11.1 Å². The van der Waals surface area contributed by atoms with Gasteiger partial charge in [-0.25, -0.2) is 4.68 Å². The summed E-state index contributed by atoms with van der Waals surface area (Å²) in [6.07, 6.45) is 4.88. The molecule has 3 N–H and O–H groups in total. The summed E-state index contributed by atoms with van der Waals surface area (Å²) in [4.78, 5) is 12.1. The van der Waals surface area contributed by atoms with Crippen molar-refractivity contribution in [2.45, 2.75) is 58.2 Å². The molecule has 0 saturated carbocycles. The first-order chi connectivity index (χ1) is 11.9. The third-order valence-electron chi connectivity index (χ3n) is 3.92. The number of hydrogen-bond acceptors (Lipinski definition) is 6. The molecule has 1 amide bonds. The van der Waals surface area contributed by atoms with E-state index < -0.39 is 0 Å². The molecule has 0 fully saturated rings. The Morgan fingerprint density at radius 3 is 2.76 bits per heavy atom. The molecule has 0 aliphatic carbocycles. The first-order valence-electron chi connectivity index (χ1n) is 8.55. The predicted octanol–water partition coefficient (Wildman–Crippen LogP) is 2.98. The van der Waals surface area contributed by atoms with E-state index in [0.717, 1.165) is 24.2 Å². The Bertz CT molecular complexity index is 695. The number of nitrogen functional groups attached to an aromatic ring is 1. The zero-order valence-electron chi connectivity index (χ0n) is 15.3. The second-order valence-electron chi connectivity index (χ2n) is 6.65. The highest BCUT2D eigenvalue weighted by Gasteiger charge is 2.17. The van der Waals surface area contributed by atoms with Crippen molar-refractivity contribution in [3.05, 3.63) is 18.1 Å². The van der Waals surface area contributed by atoms with E-state index in [0.29, 0.717) is 16.9 Å². The van der Waals surface area contributed by atoms with Gasteiger partial charge in [0.1, 0.15) is 5.76 Å². The average molecular weight is 366 g/mol. The lowest BCUT2D eigenvalue weighted by molar-refractivity contribution is -0.119. The fourth-order valence-corrected chi connectivity index (χ4v) is 3.19. The van der Waals surface area contributed by atoms with Gasteiger partial charge in [-0.1, -0.05) is 38.5 Å². The monoisotopic (exact) mass is 365 g/mol. The third-order valence-corrected chi connectivity index (χ3v) is 4.87. The number of rotatable bonds is 9. The van der Waals surface area contributed by atoms with E-state index in [1.165, 1.54) is 22.9 Å². The zero-order valence-corrected chi connectivity index (χ0v) is 16.1. The summed E-state index contributed by atoms with van der Waals surface area (Å²) in [5, 5.41) is 11.7. The van der Waals surface area contributed by atoms with E-state index in [9.17, 15) is 4.79 Å². The molecule has 0 bridgehead atoms. The van der Waals surface area contributed by atoms with E-state index in [4.69, 9.17) is 10.3 Å². The van der Waals surface area contributed by atoms with E-state index in [1.807, 2.05) is 13.8 Å². The van der Waals surface area contributed by atoms with E-state index in [1.54, 1.807) is 12.3 Å². The highest BCUT2D eigenvalue weighted by Crippen LogP contribution is 2.24. The molecular formula is C17H27N5O2S. The summed E-state index contributed by atoms with van der Waals surface area (Å²) >= 11 is 1.27. The number of thioether (sulfide) groups is 1. The van der Waals surface area contributed by atoms with Gasteiger partial charge >= 0.3 is 0 Å². The molecule has 0 spiro atoms. The van der Waals surface area contributed by atoms with Crippen LogP contribution in [0.3, 0.4) is 0 Å². The van der Waals surface area contributed by atoms with Crippen LogP contribution in [0.5, 0.6) is 0 Å². The molecular weight excluding hydrogens is 338 g/mol. The van der Waals surface area contributed by atoms with Crippen LogP contribution in [0.4, 0.5) is 0 Å². The lowest BCUT2D eigenvalue weighted by atomic mass is 10.0. The summed E-state index contributed by atoms with van der Waals surface area (Å²) in [6.45, 7) is 8.29. The number of aryl methyl sites for hydroxylation is 1. The van der Waals surface area contributed by atoms with Gasteiger partial charge in [-0.15, -0.1) is 10.2 Å². The minimum Gasteiger partial charge on any atom is -0.469 e. The molecule has 0 aliphatic rings. The fourth-order valence-electron chi connectivity index (χ4n) is 2.53. The molecule has 25 heavy (non-hydrogen) atoms. The van der Waals surface area contributed by atoms with Crippen LogP contribution in [0.1, 0.15) is 45.8 Å². The first-order valence-corrected chi connectivity index (χ1v) is 9.54. The minimum absolute atomic E-state index is 0.0221. The number of aromatic nitrogens is 3. The number of nitrogens with one attached hydrogen (secondary N) is 1. The highest BCUT2D eigenvalue weighted by atomic mass is 32.2. The van der Waals surface area contributed by atoms with Crippen molar-refractivity contribution in [3.8, 4) is 11.4 Å². The normalized spacial score (nSPS) is 12.5. The molecule has 1 unspecified atom stereocenters. The van der Waals surface area contributed by atoms with Crippen LogP contribution < -0.4 is 11.2 Å². The number of nitrogens with two attached hydrogens (primary N) is 1. The predicted molar refractivity (Wildman–Crippen MR) is 99.6 cm³/mol. The van der Waals surface area contributed by atoms with Crippen molar-refractivity contribution in [1.29, 1.82) is 0 Å². The molecule has 2 aromatic rings. The van der Waals surface area contributed by atoms with Crippen LogP contribution in [-0.2, 0) is 4.79 Å². The van der Waals surface area contributed by atoms with Crippen LogP contribution in [0, 0.1) is 12.8 Å². The number of amides is 1. The Morgan fingerprint density at radius 1 is 1.36 bits per heavy atom. The number of hydrogen-bond donors (Lipinski definition) is 2. The molecule has 0 aromatic carbocycles. The maximum atomic E-state index is 12.1. The Balaban J connectivity index is 1.82. The summed E-state index contributed by atoms with van der Waals surface area (Å²) in [5.41, 5.74) is 0.796. The van der Waals surface area contributed by atoms with E-state index in [-0.39, 0.29) is 17.7 Å². The molecule has 2 aromatic heterocycles. The van der Waals surface area contributed by atoms with Gasteiger partial charge < -0.3 is 15.6 Å². The molecule has 1 atom stereocenters. The van der Waals surface area contributed by atoms with Gasteiger partial charge in [-0.05, 0) is 32.3 Å². The highest BCUT2D eigenvalue weighted by molar-refractivity contribution is 7.99. The Morgan fingerprint density at radius 2 is 2.12 bits per heavy atom. The smallest absolute Gasteiger partial charge is 0.230 e. The van der Waals surface area contributed by atoms with Crippen molar-refractivity contribution in [2.75, 3.05) is 11.6 Å². The van der Waals surface area contributed by atoms with Gasteiger partial charge in [0, 0.05) is 6.04 Å². The lowest BCUT2D eigenvalue weighted by Crippen LogP contribution is -2.34. The van der Waals surface area contributed by atoms with Gasteiger partial charge in [0.05, 0.1) is 17.6 Å². The standard InChI is InChI=1S/C17H27N5O2S/c1-11(2)6-5-7-12(3)19-15(23)10-25-17-21-20-16(22(17)18)14-8-9-24-13(14)4/h8-9,11-12H,5-7,10,18H2,1-4H3,(H,19,23). The van der Waals surface area contributed by atoms with Crippen LogP contribution in [0.2, 0.25) is 0 Å². The van der Waals surface area contributed by atoms with Gasteiger partial charge in [0.15, 0.2) is 5.82 Å². The molecule has 0 saturated heterocycles. The molecule has 2 heterocycles. The van der Waals surface area contributed by atoms with E-state index >= 15 is 0 Å². The van der Waals surface area contributed by atoms with Crippen molar-refractivity contribution in [3.63, 3.8) is 0 Å². The summed E-state index contributed by atoms with van der Waals surface area (Å²) in [5.74, 6) is 8.22. The summed E-state index contributed by atoms with van der Waals surface area (Å²) in [6, 6.07) is 1.97. The molecule has 8 heteroatoms. The lowest BCUT2D eigenvalue weighted by Gasteiger charge is -2.14. The van der Waals surface area contributed by atoms with Crippen molar-refractivity contribution < 1.29 is 9.21 Å². The molecule has 138 valence electrons. The van der Waals surface area contributed by atoms with Gasteiger partial charge in [-0.2, -0.15) is 0 Å². The van der Waals surface area contributed by atoms with Crippen molar-refractivity contribution in [1.82, 2.24) is 20.2 Å². The average Bonchev–Trinajstić information content (AvgIpc) is 3.10.